The largest absolute Gasteiger partial charge is 0.432 e. The molecular weight excluding hydrogens is 364 g/mol. The third-order valence-corrected chi connectivity index (χ3v) is 3.20. The zero-order valence-electron chi connectivity index (χ0n) is 10.8. The lowest BCUT2D eigenvalue weighted by Crippen LogP contribution is -2.06. The Morgan fingerprint density at radius 1 is 1.48 bits per heavy atom. The van der Waals surface area contributed by atoms with Gasteiger partial charge in [0.1, 0.15) is 12.1 Å². The Hall–Kier alpha value is -1.93. The average Bonchev–Trinajstić information content (AvgIpc) is 2.42. The SMILES string of the molecule is CCNc1ncnc(Oc2ccc(Br)cc2Cl)c1[N+](=O)[O-]. The summed E-state index contributed by atoms with van der Waals surface area (Å²) in [5.41, 5.74) is -0.335. The molecule has 9 heteroatoms. The van der Waals surface area contributed by atoms with E-state index in [-0.39, 0.29) is 23.1 Å². The maximum Gasteiger partial charge on any atom is 0.373 e. The molecule has 0 amide bonds. The van der Waals surface area contributed by atoms with E-state index in [1.807, 2.05) is 0 Å². The van der Waals surface area contributed by atoms with Gasteiger partial charge in [-0.3, -0.25) is 10.1 Å². The summed E-state index contributed by atoms with van der Waals surface area (Å²) >= 11 is 9.30. The van der Waals surface area contributed by atoms with Crippen molar-refractivity contribution in [1.82, 2.24) is 9.97 Å². The summed E-state index contributed by atoms with van der Waals surface area (Å²) < 4.78 is 6.23. The molecule has 0 aliphatic carbocycles. The van der Waals surface area contributed by atoms with Crippen LogP contribution >= 0.6 is 27.5 Å². The first kappa shape index (κ1) is 15.5. The Morgan fingerprint density at radius 2 is 2.24 bits per heavy atom. The summed E-state index contributed by atoms with van der Waals surface area (Å²) in [6, 6.07) is 4.92. The van der Waals surface area contributed by atoms with Crippen molar-refractivity contribution in [2.24, 2.45) is 0 Å². The van der Waals surface area contributed by atoms with Crippen molar-refractivity contribution < 1.29 is 9.66 Å². The number of benzene rings is 1. The molecule has 21 heavy (non-hydrogen) atoms. The van der Waals surface area contributed by atoms with Crippen LogP contribution in [0.15, 0.2) is 29.0 Å². The molecule has 1 heterocycles. The minimum absolute atomic E-state index is 0.0979. The van der Waals surface area contributed by atoms with Crippen molar-refractivity contribution in [3.05, 3.63) is 44.1 Å². The van der Waals surface area contributed by atoms with Crippen molar-refractivity contribution in [3.8, 4) is 11.6 Å². The van der Waals surface area contributed by atoms with Crippen LogP contribution in [0.3, 0.4) is 0 Å². The normalized spacial score (nSPS) is 10.2. The van der Waals surface area contributed by atoms with Gasteiger partial charge < -0.3 is 10.1 Å². The molecule has 0 fully saturated rings. The number of nitro groups is 1. The Kier molecular flexibility index (Phi) is 4.92. The summed E-state index contributed by atoms with van der Waals surface area (Å²) in [7, 11) is 0. The van der Waals surface area contributed by atoms with Gasteiger partial charge in [-0.25, -0.2) is 4.98 Å². The van der Waals surface area contributed by atoms with E-state index in [9.17, 15) is 10.1 Å². The minimum atomic E-state index is -0.597. The van der Waals surface area contributed by atoms with Crippen molar-refractivity contribution in [3.63, 3.8) is 0 Å². The Morgan fingerprint density at radius 3 is 2.86 bits per heavy atom. The zero-order chi connectivity index (χ0) is 15.4. The van der Waals surface area contributed by atoms with E-state index in [4.69, 9.17) is 16.3 Å². The first-order valence-corrected chi connectivity index (χ1v) is 7.06. The first-order valence-electron chi connectivity index (χ1n) is 5.89. The standard InChI is InChI=1S/C12H10BrClN4O3/c1-2-15-11-10(18(19)20)12(17-6-16-11)21-9-4-3-7(13)5-8(9)14/h3-6H,2H2,1H3,(H,15,16,17). The molecule has 2 aromatic rings. The van der Waals surface area contributed by atoms with Crippen LogP contribution in [0.5, 0.6) is 11.6 Å². The fourth-order valence-electron chi connectivity index (χ4n) is 1.56. The molecule has 0 unspecified atom stereocenters. The predicted octanol–water partition coefficient (Wildman–Crippen LogP) is 4.02. The van der Waals surface area contributed by atoms with Gasteiger partial charge in [0, 0.05) is 11.0 Å². The molecule has 1 aromatic carbocycles. The molecule has 2 rings (SSSR count). The van der Waals surface area contributed by atoms with E-state index < -0.39 is 4.92 Å². The average molecular weight is 374 g/mol. The van der Waals surface area contributed by atoms with Crippen molar-refractivity contribution in [2.45, 2.75) is 6.92 Å². The molecule has 1 aromatic heterocycles. The third-order valence-electron chi connectivity index (χ3n) is 2.42. The van der Waals surface area contributed by atoms with Gasteiger partial charge in [0.05, 0.1) is 9.95 Å². The first-order chi connectivity index (χ1) is 10.0. The maximum atomic E-state index is 11.2. The number of halogens is 2. The zero-order valence-corrected chi connectivity index (χ0v) is 13.2. The van der Waals surface area contributed by atoms with E-state index in [1.54, 1.807) is 25.1 Å². The van der Waals surface area contributed by atoms with Crippen LogP contribution in [0.1, 0.15) is 6.92 Å². The molecule has 0 aliphatic heterocycles. The van der Waals surface area contributed by atoms with Gasteiger partial charge in [-0.15, -0.1) is 0 Å². The van der Waals surface area contributed by atoms with Crippen LogP contribution in [0.25, 0.3) is 0 Å². The molecule has 0 atom stereocenters. The van der Waals surface area contributed by atoms with Gasteiger partial charge in [0.25, 0.3) is 0 Å². The molecule has 1 N–H and O–H groups in total. The predicted molar refractivity (Wildman–Crippen MR) is 82.1 cm³/mol. The topological polar surface area (TPSA) is 90.2 Å². The Bertz CT molecular complexity index is 684. The lowest BCUT2D eigenvalue weighted by atomic mass is 10.3. The molecular formula is C12H10BrClN4O3. The van der Waals surface area contributed by atoms with Crippen LogP contribution in [0, 0.1) is 10.1 Å². The van der Waals surface area contributed by atoms with E-state index in [2.05, 4.69) is 31.2 Å². The quantitative estimate of drug-likeness (QED) is 0.628. The van der Waals surface area contributed by atoms with Gasteiger partial charge in [-0.2, -0.15) is 4.98 Å². The highest BCUT2D eigenvalue weighted by atomic mass is 79.9. The summed E-state index contributed by atoms with van der Waals surface area (Å²) in [6.45, 7) is 2.29. The molecule has 0 aliphatic rings. The van der Waals surface area contributed by atoms with E-state index >= 15 is 0 Å². The lowest BCUT2D eigenvalue weighted by molar-refractivity contribution is -0.385. The summed E-state index contributed by atoms with van der Waals surface area (Å²) in [5, 5.41) is 14.3. The van der Waals surface area contributed by atoms with Crippen molar-refractivity contribution in [1.29, 1.82) is 0 Å². The second-order valence-electron chi connectivity index (χ2n) is 3.84. The maximum absolute atomic E-state index is 11.2. The number of hydrogen-bond donors (Lipinski definition) is 1. The number of ether oxygens (including phenoxy) is 1. The summed E-state index contributed by atoms with van der Waals surface area (Å²) in [5.74, 6) is 0.194. The summed E-state index contributed by atoms with van der Waals surface area (Å²) in [4.78, 5) is 18.3. The minimum Gasteiger partial charge on any atom is -0.432 e. The third kappa shape index (κ3) is 3.59. The van der Waals surface area contributed by atoms with Crippen LogP contribution in [-0.4, -0.2) is 21.4 Å². The Labute approximate surface area is 133 Å². The molecule has 7 nitrogen and oxygen atoms in total. The molecule has 110 valence electrons. The van der Waals surface area contributed by atoms with E-state index in [0.717, 1.165) is 4.47 Å². The highest BCUT2D eigenvalue weighted by Crippen LogP contribution is 2.37. The molecule has 0 saturated heterocycles. The highest BCUT2D eigenvalue weighted by Gasteiger charge is 2.25. The Balaban J connectivity index is 2.43. The molecule has 0 saturated carbocycles. The number of hydrogen-bond acceptors (Lipinski definition) is 6. The van der Waals surface area contributed by atoms with Crippen molar-refractivity contribution in [2.75, 3.05) is 11.9 Å². The monoisotopic (exact) mass is 372 g/mol. The number of nitrogens with one attached hydrogen (secondary N) is 1. The van der Waals surface area contributed by atoms with Crippen LogP contribution in [0.2, 0.25) is 5.02 Å². The van der Waals surface area contributed by atoms with Crippen LogP contribution in [-0.2, 0) is 0 Å². The van der Waals surface area contributed by atoms with E-state index in [0.29, 0.717) is 11.6 Å². The van der Waals surface area contributed by atoms with Gasteiger partial charge in [-0.1, -0.05) is 27.5 Å². The second-order valence-corrected chi connectivity index (χ2v) is 5.16. The van der Waals surface area contributed by atoms with Crippen LogP contribution < -0.4 is 10.1 Å². The highest BCUT2D eigenvalue weighted by molar-refractivity contribution is 9.10. The lowest BCUT2D eigenvalue weighted by Gasteiger charge is -2.09. The van der Waals surface area contributed by atoms with Crippen LogP contribution in [0.4, 0.5) is 11.5 Å². The number of nitrogens with zero attached hydrogens (tertiary/aromatic N) is 3. The van der Waals surface area contributed by atoms with Gasteiger partial charge in [0.2, 0.25) is 5.82 Å². The molecule has 0 radical (unpaired) electrons. The number of anilines is 1. The van der Waals surface area contributed by atoms with Gasteiger partial charge >= 0.3 is 11.6 Å². The number of rotatable bonds is 5. The van der Waals surface area contributed by atoms with Gasteiger partial charge in [0.15, 0.2) is 0 Å². The fourth-order valence-corrected chi connectivity index (χ4v) is 2.27. The molecule has 0 spiro atoms. The van der Waals surface area contributed by atoms with Gasteiger partial charge in [-0.05, 0) is 25.1 Å². The van der Waals surface area contributed by atoms with Crippen molar-refractivity contribution >= 4 is 39.0 Å². The molecule has 0 bridgehead atoms. The smallest absolute Gasteiger partial charge is 0.373 e. The van der Waals surface area contributed by atoms with E-state index in [1.165, 1.54) is 6.33 Å². The fraction of sp³-hybridized carbons (Fsp3) is 0.167. The summed E-state index contributed by atoms with van der Waals surface area (Å²) in [6.07, 6.45) is 1.19. The number of aromatic nitrogens is 2. The second kappa shape index (κ2) is 6.68.